The highest BCUT2D eigenvalue weighted by atomic mass is 35.5. The van der Waals surface area contributed by atoms with Crippen molar-refractivity contribution in [3.05, 3.63) is 46.7 Å². The molecule has 9 heteroatoms. The van der Waals surface area contributed by atoms with Crippen LogP contribution in [0.25, 0.3) is 10.9 Å². The Morgan fingerprint density at radius 1 is 1.11 bits per heavy atom. The van der Waals surface area contributed by atoms with Crippen molar-refractivity contribution < 1.29 is 19.0 Å². The van der Waals surface area contributed by atoms with Crippen LogP contribution in [0, 0.1) is 0 Å². The van der Waals surface area contributed by atoms with Crippen LogP contribution in [0.3, 0.4) is 0 Å². The van der Waals surface area contributed by atoms with Crippen LogP contribution in [0.15, 0.2) is 36.7 Å². The maximum absolute atomic E-state index is 12.2. The summed E-state index contributed by atoms with van der Waals surface area (Å²) in [4.78, 5) is 20.4. The van der Waals surface area contributed by atoms with Gasteiger partial charge in [-0.1, -0.05) is 23.2 Å². The molecule has 0 atom stereocenters. The third-order valence-electron chi connectivity index (χ3n) is 3.79. The fourth-order valence-corrected chi connectivity index (χ4v) is 3.18. The Labute approximate surface area is 164 Å². The van der Waals surface area contributed by atoms with E-state index in [1.165, 1.54) is 6.33 Å². The highest BCUT2D eigenvalue weighted by molar-refractivity contribution is 6.38. The van der Waals surface area contributed by atoms with Crippen LogP contribution in [-0.2, 0) is 4.79 Å². The van der Waals surface area contributed by atoms with Gasteiger partial charge in [-0.2, -0.15) is 0 Å². The summed E-state index contributed by atoms with van der Waals surface area (Å²) in [6.45, 7) is 0.734. The molecule has 1 aliphatic rings. The molecular formula is C18H13Cl2N3O4. The van der Waals surface area contributed by atoms with Gasteiger partial charge >= 0.3 is 0 Å². The second kappa shape index (κ2) is 7.46. The number of nitrogens with zero attached hydrogens (tertiary/aromatic N) is 2. The summed E-state index contributed by atoms with van der Waals surface area (Å²) in [5.41, 5.74) is 1.07. The molecule has 1 N–H and O–H groups in total. The minimum absolute atomic E-state index is 0.224. The predicted molar refractivity (Wildman–Crippen MR) is 101 cm³/mol. The van der Waals surface area contributed by atoms with Gasteiger partial charge in [0.25, 0.3) is 5.91 Å². The standard InChI is InChI=1S/C18H13Cl2N3O4/c19-10-5-12-17(13(20)6-10)21-9-22-18(12)27-8-16(24)23-11-1-2-14-15(7-11)26-4-3-25-14/h1-2,5-7,9H,3-4,8H2,(H,23,24). The molecule has 27 heavy (non-hydrogen) atoms. The summed E-state index contributed by atoms with van der Waals surface area (Å²) in [6, 6.07) is 8.39. The predicted octanol–water partition coefficient (Wildman–Crippen LogP) is 3.73. The molecule has 2 aromatic carbocycles. The normalized spacial score (nSPS) is 12.7. The van der Waals surface area contributed by atoms with Gasteiger partial charge in [0.2, 0.25) is 5.88 Å². The Balaban J connectivity index is 1.46. The van der Waals surface area contributed by atoms with Crippen LogP contribution in [0.4, 0.5) is 5.69 Å². The first-order valence-corrected chi connectivity index (χ1v) is 8.78. The molecule has 138 valence electrons. The molecular weight excluding hydrogens is 393 g/mol. The van der Waals surface area contributed by atoms with E-state index in [9.17, 15) is 4.79 Å². The first-order valence-electron chi connectivity index (χ1n) is 8.02. The Bertz CT molecular complexity index is 1030. The topological polar surface area (TPSA) is 82.6 Å². The Morgan fingerprint density at radius 3 is 2.78 bits per heavy atom. The van der Waals surface area contributed by atoms with Crippen molar-refractivity contribution in [2.45, 2.75) is 0 Å². The van der Waals surface area contributed by atoms with Crippen LogP contribution < -0.4 is 19.5 Å². The third kappa shape index (κ3) is 3.84. The number of carbonyl (C=O) groups is 1. The summed E-state index contributed by atoms with van der Waals surface area (Å²) in [5.74, 6) is 1.11. The summed E-state index contributed by atoms with van der Waals surface area (Å²) in [7, 11) is 0. The first kappa shape index (κ1) is 17.6. The molecule has 3 aromatic rings. The molecule has 0 fully saturated rings. The van der Waals surface area contributed by atoms with Gasteiger partial charge in [-0.15, -0.1) is 0 Å². The van der Waals surface area contributed by atoms with Crippen molar-refractivity contribution in [2.75, 3.05) is 25.1 Å². The van der Waals surface area contributed by atoms with E-state index < -0.39 is 0 Å². The van der Waals surface area contributed by atoms with Gasteiger partial charge in [0.15, 0.2) is 18.1 Å². The summed E-state index contributed by atoms with van der Waals surface area (Å²) < 4.78 is 16.5. The van der Waals surface area contributed by atoms with Crippen molar-refractivity contribution in [3.63, 3.8) is 0 Å². The average molecular weight is 406 g/mol. The minimum Gasteiger partial charge on any atom is -0.486 e. The maximum atomic E-state index is 12.2. The maximum Gasteiger partial charge on any atom is 0.262 e. The van der Waals surface area contributed by atoms with Crippen LogP contribution in [0.1, 0.15) is 0 Å². The molecule has 2 heterocycles. The summed E-state index contributed by atoms with van der Waals surface area (Å²) in [6.07, 6.45) is 1.32. The molecule has 7 nitrogen and oxygen atoms in total. The molecule has 0 bridgehead atoms. The van der Waals surface area contributed by atoms with Crippen LogP contribution in [0.5, 0.6) is 17.4 Å². The van der Waals surface area contributed by atoms with E-state index in [1.54, 1.807) is 30.3 Å². The summed E-state index contributed by atoms with van der Waals surface area (Å²) in [5, 5.41) is 4.07. The number of hydrogen-bond donors (Lipinski definition) is 1. The zero-order chi connectivity index (χ0) is 18.8. The molecule has 0 spiro atoms. The number of benzene rings is 2. The highest BCUT2D eigenvalue weighted by Gasteiger charge is 2.14. The second-order valence-electron chi connectivity index (χ2n) is 5.66. The van der Waals surface area contributed by atoms with Gasteiger partial charge in [-0.25, -0.2) is 9.97 Å². The summed E-state index contributed by atoms with van der Waals surface area (Å²) >= 11 is 12.2. The van der Waals surface area contributed by atoms with E-state index in [0.717, 1.165) is 0 Å². The zero-order valence-electron chi connectivity index (χ0n) is 13.9. The van der Waals surface area contributed by atoms with Crippen LogP contribution in [-0.4, -0.2) is 35.7 Å². The molecule has 1 amide bonds. The fourth-order valence-electron chi connectivity index (χ4n) is 2.64. The number of hydrogen-bond acceptors (Lipinski definition) is 6. The molecule has 1 aromatic heterocycles. The largest absolute Gasteiger partial charge is 0.486 e. The minimum atomic E-state index is -0.355. The van der Waals surface area contributed by atoms with Crippen molar-refractivity contribution in [1.29, 1.82) is 0 Å². The Kier molecular flexibility index (Phi) is 4.87. The van der Waals surface area contributed by atoms with Gasteiger partial charge in [-0.05, 0) is 24.3 Å². The third-order valence-corrected chi connectivity index (χ3v) is 4.29. The van der Waals surface area contributed by atoms with Crippen LogP contribution in [0.2, 0.25) is 10.0 Å². The van der Waals surface area contributed by atoms with E-state index in [0.29, 0.717) is 51.3 Å². The van der Waals surface area contributed by atoms with E-state index in [2.05, 4.69) is 15.3 Å². The van der Waals surface area contributed by atoms with Crippen molar-refractivity contribution >= 4 is 45.7 Å². The van der Waals surface area contributed by atoms with Crippen molar-refractivity contribution in [2.24, 2.45) is 0 Å². The van der Waals surface area contributed by atoms with E-state index in [-0.39, 0.29) is 18.4 Å². The van der Waals surface area contributed by atoms with Crippen molar-refractivity contribution in [3.8, 4) is 17.4 Å². The fraction of sp³-hybridized carbons (Fsp3) is 0.167. The lowest BCUT2D eigenvalue weighted by Gasteiger charge is -2.19. The van der Waals surface area contributed by atoms with Gasteiger partial charge in [0, 0.05) is 16.8 Å². The quantitative estimate of drug-likeness (QED) is 0.711. The number of ether oxygens (including phenoxy) is 3. The number of halogens is 2. The number of nitrogens with one attached hydrogen (secondary N) is 1. The van der Waals surface area contributed by atoms with E-state index in [4.69, 9.17) is 37.4 Å². The monoisotopic (exact) mass is 405 g/mol. The lowest BCUT2D eigenvalue weighted by molar-refractivity contribution is -0.118. The Morgan fingerprint density at radius 2 is 1.93 bits per heavy atom. The molecule has 4 rings (SSSR count). The van der Waals surface area contributed by atoms with Crippen molar-refractivity contribution in [1.82, 2.24) is 9.97 Å². The van der Waals surface area contributed by atoms with Crippen LogP contribution >= 0.6 is 23.2 Å². The molecule has 0 unspecified atom stereocenters. The number of fused-ring (bicyclic) bond motifs is 2. The lowest BCUT2D eigenvalue weighted by atomic mass is 10.2. The molecule has 0 radical (unpaired) electrons. The van der Waals surface area contributed by atoms with E-state index in [1.807, 2.05) is 0 Å². The number of carbonyl (C=O) groups excluding carboxylic acids is 1. The SMILES string of the molecule is O=C(COc1ncnc2c(Cl)cc(Cl)cc12)Nc1ccc2c(c1)OCCO2. The second-order valence-corrected chi connectivity index (χ2v) is 6.50. The van der Waals surface area contributed by atoms with Gasteiger partial charge in [0.05, 0.1) is 15.9 Å². The Hall–Kier alpha value is -2.77. The molecule has 0 saturated carbocycles. The zero-order valence-corrected chi connectivity index (χ0v) is 15.4. The first-order chi connectivity index (χ1) is 13.1. The highest BCUT2D eigenvalue weighted by Crippen LogP contribution is 2.33. The average Bonchev–Trinajstić information content (AvgIpc) is 2.66. The van der Waals surface area contributed by atoms with Gasteiger partial charge < -0.3 is 19.5 Å². The lowest BCUT2D eigenvalue weighted by Crippen LogP contribution is -2.21. The van der Waals surface area contributed by atoms with Gasteiger partial charge in [-0.3, -0.25) is 4.79 Å². The number of aromatic nitrogens is 2. The van der Waals surface area contributed by atoms with E-state index >= 15 is 0 Å². The number of anilines is 1. The van der Waals surface area contributed by atoms with Gasteiger partial charge in [0.1, 0.15) is 19.5 Å². The molecule has 0 aliphatic carbocycles. The molecule has 0 saturated heterocycles. The smallest absolute Gasteiger partial charge is 0.262 e. The number of amides is 1. The number of rotatable bonds is 4. The molecule has 1 aliphatic heterocycles.